The van der Waals surface area contributed by atoms with Crippen molar-refractivity contribution in [2.45, 2.75) is 32.7 Å². The van der Waals surface area contributed by atoms with Crippen molar-refractivity contribution in [2.24, 2.45) is 10.7 Å². The summed E-state index contributed by atoms with van der Waals surface area (Å²) in [5.41, 5.74) is 13.8. The maximum Gasteiger partial charge on any atom is 0.229 e. The molecule has 174 valence electrons. The van der Waals surface area contributed by atoms with Gasteiger partial charge in [-0.15, -0.1) is 11.3 Å². The molecule has 8 nitrogen and oxygen atoms in total. The number of nitrogens with one attached hydrogen (secondary N) is 2. The Balaban J connectivity index is 1.49. The summed E-state index contributed by atoms with van der Waals surface area (Å²) >= 11 is 1.61. The number of aliphatic imine (C=N–C) groups is 1. The van der Waals surface area contributed by atoms with E-state index in [1.54, 1.807) is 17.5 Å². The van der Waals surface area contributed by atoms with E-state index in [9.17, 15) is 0 Å². The number of hydrogen-bond acceptors (Lipinski definition) is 8. The van der Waals surface area contributed by atoms with Crippen LogP contribution in [0.25, 0.3) is 10.2 Å². The standard InChI is InChI=1S/C25H27N7OS/c1-15-4-3-5-16(2)22(15)31-23(26)19-13-27-25(32-24(19)29-17-8-10-33-11-9-17)30-18-6-7-21-20(12-18)28-14-34-21/h3-7,12-14,17H,8-11H2,1-2H3,(H2,26,31)(H2,27,29,30,32). The second kappa shape index (κ2) is 9.74. The van der Waals surface area contributed by atoms with E-state index in [1.807, 2.05) is 55.8 Å². The normalized spacial score (nSPS) is 14.9. The molecule has 0 radical (unpaired) electrons. The maximum atomic E-state index is 6.50. The smallest absolute Gasteiger partial charge is 0.229 e. The van der Waals surface area contributed by atoms with Crippen LogP contribution in [0.2, 0.25) is 0 Å². The first-order valence-corrected chi connectivity index (χ1v) is 12.2. The van der Waals surface area contributed by atoms with E-state index in [0.717, 1.165) is 58.8 Å². The Kier molecular flexibility index (Phi) is 6.37. The monoisotopic (exact) mass is 473 g/mol. The summed E-state index contributed by atoms with van der Waals surface area (Å²) in [4.78, 5) is 18.5. The van der Waals surface area contributed by atoms with Crippen LogP contribution in [0.4, 0.5) is 23.1 Å². The highest BCUT2D eigenvalue weighted by Crippen LogP contribution is 2.27. The van der Waals surface area contributed by atoms with Gasteiger partial charge in [-0.2, -0.15) is 4.98 Å². The molecule has 1 saturated heterocycles. The van der Waals surface area contributed by atoms with Crippen molar-refractivity contribution in [3.05, 3.63) is 64.8 Å². The summed E-state index contributed by atoms with van der Waals surface area (Å²) in [7, 11) is 0. The minimum atomic E-state index is 0.245. The quantitative estimate of drug-likeness (QED) is 0.265. The van der Waals surface area contributed by atoms with Gasteiger partial charge in [-0.25, -0.2) is 15.0 Å². The zero-order valence-corrected chi connectivity index (χ0v) is 20.0. The highest BCUT2D eigenvalue weighted by atomic mass is 32.1. The fourth-order valence-electron chi connectivity index (χ4n) is 4.00. The van der Waals surface area contributed by atoms with Crippen LogP contribution >= 0.6 is 11.3 Å². The van der Waals surface area contributed by atoms with Crippen LogP contribution < -0.4 is 16.4 Å². The number of fused-ring (bicyclic) bond motifs is 1. The topological polar surface area (TPSA) is 110 Å². The Hall–Kier alpha value is -3.56. The van der Waals surface area contributed by atoms with Crippen molar-refractivity contribution < 1.29 is 4.74 Å². The van der Waals surface area contributed by atoms with Crippen LogP contribution in [0.3, 0.4) is 0 Å². The molecule has 0 amide bonds. The van der Waals surface area contributed by atoms with Crippen LogP contribution in [0.5, 0.6) is 0 Å². The Bertz CT molecular complexity index is 1320. The molecule has 0 unspecified atom stereocenters. The summed E-state index contributed by atoms with van der Waals surface area (Å²) in [6.07, 6.45) is 3.53. The summed E-state index contributed by atoms with van der Waals surface area (Å²) in [5.74, 6) is 1.52. The Morgan fingerprint density at radius 1 is 1.12 bits per heavy atom. The van der Waals surface area contributed by atoms with Gasteiger partial charge in [-0.3, -0.25) is 0 Å². The molecule has 1 aliphatic rings. The van der Waals surface area contributed by atoms with Crippen molar-refractivity contribution in [3.8, 4) is 0 Å². The number of amidine groups is 1. The minimum absolute atomic E-state index is 0.245. The molecule has 5 rings (SSSR count). The lowest BCUT2D eigenvalue weighted by atomic mass is 10.1. The molecule has 0 saturated carbocycles. The molecule has 4 aromatic rings. The molecular weight excluding hydrogens is 446 g/mol. The number of rotatable bonds is 6. The Morgan fingerprint density at radius 2 is 1.91 bits per heavy atom. The molecule has 1 fully saturated rings. The average Bonchev–Trinajstić information content (AvgIpc) is 3.30. The number of anilines is 3. The number of aryl methyl sites for hydroxylation is 2. The van der Waals surface area contributed by atoms with Crippen LogP contribution in [0.15, 0.2) is 53.1 Å². The number of nitrogens with two attached hydrogens (primary N) is 1. The zero-order chi connectivity index (χ0) is 23.5. The predicted molar refractivity (Wildman–Crippen MR) is 139 cm³/mol. The molecule has 34 heavy (non-hydrogen) atoms. The lowest BCUT2D eigenvalue weighted by Gasteiger charge is -2.24. The lowest BCUT2D eigenvalue weighted by molar-refractivity contribution is 0.0904. The molecule has 1 aliphatic heterocycles. The van der Waals surface area contributed by atoms with Crippen LogP contribution in [-0.2, 0) is 4.74 Å². The minimum Gasteiger partial charge on any atom is -0.383 e. The largest absolute Gasteiger partial charge is 0.383 e. The summed E-state index contributed by atoms with van der Waals surface area (Å²) < 4.78 is 6.65. The molecular formula is C25H27N7OS. The van der Waals surface area contributed by atoms with Gasteiger partial charge in [0.05, 0.1) is 27.0 Å². The third-order valence-electron chi connectivity index (χ3n) is 5.89. The van der Waals surface area contributed by atoms with Crippen molar-refractivity contribution >= 4 is 50.5 Å². The van der Waals surface area contributed by atoms with Gasteiger partial charge in [0, 0.05) is 31.1 Å². The number of aromatic nitrogens is 3. The molecule has 3 heterocycles. The fourth-order valence-corrected chi connectivity index (χ4v) is 4.66. The number of benzene rings is 2. The number of thiazole rings is 1. The molecule has 0 aliphatic carbocycles. The van der Waals surface area contributed by atoms with E-state index in [-0.39, 0.29) is 6.04 Å². The highest BCUT2D eigenvalue weighted by molar-refractivity contribution is 7.16. The fraction of sp³-hybridized carbons (Fsp3) is 0.280. The van der Waals surface area contributed by atoms with Gasteiger partial charge in [0.15, 0.2) is 0 Å². The molecule has 0 bridgehead atoms. The van der Waals surface area contributed by atoms with E-state index in [0.29, 0.717) is 23.2 Å². The van der Waals surface area contributed by atoms with Crippen molar-refractivity contribution in [1.29, 1.82) is 0 Å². The third-order valence-corrected chi connectivity index (χ3v) is 6.70. The number of nitrogens with zero attached hydrogens (tertiary/aromatic N) is 4. The lowest BCUT2D eigenvalue weighted by Crippen LogP contribution is -2.30. The molecule has 2 aromatic heterocycles. The van der Waals surface area contributed by atoms with E-state index in [4.69, 9.17) is 20.4 Å². The van der Waals surface area contributed by atoms with Gasteiger partial charge in [0.25, 0.3) is 0 Å². The van der Waals surface area contributed by atoms with E-state index in [2.05, 4.69) is 20.6 Å². The Morgan fingerprint density at radius 3 is 2.71 bits per heavy atom. The molecule has 2 aromatic carbocycles. The number of ether oxygens (including phenoxy) is 1. The molecule has 9 heteroatoms. The van der Waals surface area contributed by atoms with Crippen molar-refractivity contribution in [1.82, 2.24) is 15.0 Å². The number of para-hydroxylation sites is 1. The van der Waals surface area contributed by atoms with Crippen LogP contribution in [0.1, 0.15) is 29.5 Å². The first-order valence-electron chi connectivity index (χ1n) is 11.3. The van der Waals surface area contributed by atoms with Gasteiger partial charge in [0.1, 0.15) is 11.7 Å². The summed E-state index contributed by atoms with van der Waals surface area (Å²) in [5, 5.41) is 6.85. The zero-order valence-electron chi connectivity index (χ0n) is 19.2. The highest BCUT2D eigenvalue weighted by Gasteiger charge is 2.19. The van der Waals surface area contributed by atoms with Crippen LogP contribution in [-0.4, -0.2) is 40.0 Å². The Labute approximate surface area is 202 Å². The summed E-state index contributed by atoms with van der Waals surface area (Å²) in [6.45, 7) is 5.51. The van der Waals surface area contributed by atoms with E-state index < -0.39 is 0 Å². The molecule has 0 spiro atoms. The number of hydrogen-bond donors (Lipinski definition) is 3. The third kappa shape index (κ3) is 4.85. The average molecular weight is 474 g/mol. The second-order valence-corrected chi connectivity index (χ2v) is 9.27. The van der Waals surface area contributed by atoms with E-state index >= 15 is 0 Å². The van der Waals surface area contributed by atoms with Crippen LogP contribution in [0, 0.1) is 13.8 Å². The molecule has 4 N–H and O–H groups in total. The van der Waals surface area contributed by atoms with Gasteiger partial charge in [-0.05, 0) is 56.0 Å². The van der Waals surface area contributed by atoms with Gasteiger partial charge in [0.2, 0.25) is 5.95 Å². The van der Waals surface area contributed by atoms with Crippen molar-refractivity contribution in [2.75, 3.05) is 23.8 Å². The van der Waals surface area contributed by atoms with Gasteiger partial charge >= 0.3 is 0 Å². The SMILES string of the molecule is Cc1cccc(C)c1N=C(N)c1cnc(Nc2ccc3scnc3c2)nc1NC1CCOCC1. The van der Waals surface area contributed by atoms with Gasteiger partial charge < -0.3 is 21.1 Å². The maximum absolute atomic E-state index is 6.50. The van der Waals surface area contributed by atoms with E-state index in [1.165, 1.54) is 0 Å². The molecule has 0 atom stereocenters. The first-order chi connectivity index (χ1) is 16.6. The van der Waals surface area contributed by atoms with Gasteiger partial charge in [-0.1, -0.05) is 18.2 Å². The second-order valence-electron chi connectivity index (χ2n) is 8.38. The predicted octanol–water partition coefficient (Wildman–Crippen LogP) is 5.07. The first kappa shape index (κ1) is 22.2. The summed E-state index contributed by atoms with van der Waals surface area (Å²) in [6, 6.07) is 12.4. The van der Waals surface area contributed by atoms with Crippen molar-refractivity contribution in [3.63, 3.8) is 0 Å².